The molecule has 4 nitrogen and oxygen atoms in total. The van der Waals surface area contributed by atoms with Crippen LogP contribution in [0.3, 0.4) is 0 Å². The molecule has 1 fully saturated rings. The molecule has 1 aliphatic rings. The van der Waals surface area contributed by atoms with Crippen molar-refractivity contribution in [2.45, 2.75) is 12.6 Å². The molecule has 16 heavy (non-hydrogen) atoms. The second-order valence-electron chi connectivity index (χ2n) is 3.99. The van der Waals surface area contributed by atoms with Gasteiger partial charge in [-0.25, -0.2) is 0 Å². The number of likely N-dealkylation sites (tertiary alicyclic amines) is 1. The Balaban J connectivity index is 2.08. The molecule has 0 radical (unpaired) electrons. The van der Waals surface area contributed by atoms with E-state index < -0.39 is 0 Å². The molecule has 0 unspecified atom stereocenters. The summed E-state index contributed by atoms with van der Waals surface area (Å²) in [7, 11) is 1.56. The summed E-state index contributed by atoms with van der Waals surface area (Å²) in [5.74, 6) is 0.606. The monoisotopic (exact) mass is 218 g/mol. The standard InChI is InChI=1S/C12H14N2O2/c1-16-12-3-2-9(4-10(12)5-13)6-14-7-11(15)8-14/h2-4,11,15H,6-8H2,1H3. The Morgan fingerprint density at radius 2 is 2.31 bits per heavy atom. The fourth-order valence-electron chi connectivity index (χ4n) is 1.87. The molecule has 0 amide bonds. The van der Waals surface area contributed by atoms with Gasteiger partial charge in [0.1, 0.15) is 11.8 Å². The third-order valence-corrected chi connectivity index (χ3v) is 2.73. The number of benzene rings is 1. The second kappa shape index (κ2) is 4.52. The van der Waals surface area contributed by atoms with Gasteiger partial charge in [0.25, 0.3) is 0 Å². The lowest BCUT2D eigenvalue weighted by molar-refractivity contribution is -0.00287. The highest BCUT2D eigenvalue weighted by atomic mass is 16.5. The van der Waals surface area contributed by atoms with Crippen LogP contribution in [0.1, 0.15) is 11.1 Å². The van der Waals surface area contributed by atoms with Crippen molar-refractivity contribution in [3.05, 3.63) is 29.3 Å². The number of nitriles is 1. The van der Waals surface area contributed by atoms with Crippen molar-refractivity contribution in [3.8, 4) is 11.8 Å². The normalized spacial score (nSPS) is 16.6. The Morgan fingerprint density at radius 3 is 2.88 bits per heavy atom. The van der Waals surface area contributed by atoms with Crippen LogP contribution in [-0.4, -0.2) is 36.3 Å². The molecule has 4 heteroatoms. The number of methoxy groups -OCH3 is 1. The number of aliphatic hydroxyl groups excluding tert-OH is 1. The van der Waals surface area contributed by atoms with E-state index in [1.165, 1.54) is 0 Å². The van der Waals surface area contributed by atoms with E-state index in [1.807, 2.05) is 18.2 Å². The summed E-state index contributed by atoms with van der Waals surface area (Å²) in [5.41, 5.74) is 1.63. The van der Waals surface area contributed by atoms with Crippen molar-refractivity contribution in [1.29, 1.82) is 5.26 Å². The van der Waals surface area contributed by atoms with E-state index in [9.17, 15) is 0 Å². The summed E-state index contributed by atoms with van der Waals surface area (Å²) in [6.45, 7) is 2.21. The second-order valence-corrected chi connectivity index (χ2v) is 3.99. The van der Waals surface area contributed by atoms with Crippen molar-refractivity contribution in [2.24, 2.45) is 0 Å². The van der Waals surface area contributed by atoms with Crippen molar-refractivity contribution in [1.82, 2.24) is 4.90 Å². The first-order valence-corrected chi connectivity index (χ1v) is 5.20. The highest BCUT2D eigenvalue weighted by Crippen LogP contribution is 2.21. The van der Waals surface area contributed by atoms with E-state index in [2.05, 4.69) is 11.0 Å². The summed E-state index contributed by atoms with van der Waals surface area (Å²) in [4.78, 5) is 2.13. The number of β-amino-alcohol motifs (C(OH)–C–C–N with tert-alkyl or cyclic N) is 1. The molecular formula is C12H14N2O2. The predicted molar refractivity (Wildman–Crippen MR) is 59.0 cm³/mol. The molecule has 0 aromatic heterocycles. The van der Waals surface area contributed by atoms with Crippen molar-refractivity contribution >= 4 is 0 Å². The number of rotatable bonds is 3. The first-order chi connectivity index (χ1) is 7.72. The zero-order valence-electron chi connectivity index (χ0n) is 9.18. The van der Waals surface area contributed by atoms with Crippen LogP contribution in [-0.2, 0) is 6.54 Å². The molecule has 1 saturated heterocycles. The summed E-state index contributed by atoms with van der Waals surface area (Å²) < 4.78 is 5.08. The minimum Gasteiger partial charge on any atom is -0.495 e. The van der Waals surface area contributed by atoms with Gasteiger partial charge in [0, 0.05) is 19.6 Å². The minimum atomic E-state index is -0.186. The van der Waals surface area contributed by atoms with Crippen LogP contribution in [0, 0.1) is 11.3 Å². The van der Waals surface area contributed by atoms with Gasteiger partial charge in [-0.2, -0.15) is 5.26 Å². The molecule has 1 aromatic rings. The molecule has 1 aliphatic heterocycles. The number of aliphatic hydroxyl groups is 1. The van der Waals surface area contributed by atoms with Crippen molar-refractivity contribution in [2.75, 3.05) is 20.2 Å². The Morgan fingerprint density at radius 1 is 1.56 bits per heavy atom. The van der Waals surface area contributed by atoms with Gasteiger partial charge in [-0.15, -0.1) is 0 Å². The molecule has 84 valence electrons. The number of ether oxygens (including phenoxy) is 1. The molecule has 0 saturated carbocycles. The SMILES string of the molecule is COc1ccc(CN2CC(O)C2)cc1C#N. The number of hydrogen-bond acceptors (Lipinski definition) is 4. The lowest BCUT2D eigenvalue weighted by Gasteiger charge is -2.35. The lowest BCUT2D eigenvalue weighted by Crippen LogP contribution is -2.49. The third-order valence-electron chi connectivity index (χ3n) is 2.73. The van der Waals surface area contributed by atoms with Crippen LogP contribution in [0.25, 0.3) is 0 Å². The van der Waals surface area contributed by atoms with Gasteiger partial charge in [0.2, 0.25) is 0 Å². The lowest BCUT2D eigenvalue weighted by atomic mass is 10.1. The van der Waals surface area contributed by atoms with E-state index in [4.69, 9.17) is 15.1 Å². The highest BCUT2D eigenvalue weighted by Gasteiger charge is 2.24. The summed E-state index contributed by atoms with van der Waals surface area (Å²) in [5, 5.41) is 18.1. The van der Waals surface area contributed by atoms with E-state index in [0.717, 1.165) is 12.1 Å². The zero-order valence-corrected chi connectivity index (χ0v) is 9.18. The quantitative estimate of drug-likeness (QED) is 0.813. The first-order valence-electron chi connectivity index (χ1n) is 5.20. The average Bonchev–Trinajstić information content (AvgIpc) is 2.27. The third kappa shape index (κ3) is 2.16. The fraction of sp³-hybridized carbons (Fsp3) is 0.417. The molecule has 0 aliphatic carbocycles. The van der Waals surface area contributed by atoms with Gasteiger partial charge < -0.3 is 9.84 Å². The molecule has 0 spiro atoms. The Hall–Kier alpha value is -1.57. The smallest absolute Gasteiger partial charge is 0.136 e. The largest absolute Gasteiger partial charge is 0.495 e. The summed E-state index contributed by atoms with van der Waals surface area (Å²) in [6.07, 6.45) is -0.186. The predicted octanol–water partition coefficient (Wildman–Crippen LogP) is 0.743. The molecule has 1 heterocycles. The average molecular weight is 218 g/mol. The Kier molecular flexibility index (Phi) is 3.09. The van der Waals surface area contributed by atoms with Crippen LogP contribution in [0.2, 0.25) is 0 Å². The maximum Gasteiger partial charge on any atom is 0.136 e. The Labute approximate surface area is 94.7 Å². The van der Waals surface area contributed by atoms with E-state index >= 15 is 0 Å². The van der Waals surface area contributed by atoms with Crippen molar-refractivity contribution < 1.29 is 9.84 Å². The molecule has 0 atom stereocenters. The van der Waals surface area contributed by atoms with Gasteiger partial charge >= 0.3 is 0 Å². The number of hydrogen-bond donors (Lipinski definition) is 1. The first kappa shape index (κ1) is 10.9. The van der Waals surface area contributed by atoms with Crippen LogP contribution >= 0.6 is 0 Å². The molecule has 1 N–H and O–H groups in total. The van der Waals surface area contributed by atoms with Gasteiger partial charge in [0.05, 0.1) is 18.8 Å². The highest BCUT2D eigenvalue weighted by molar-refractivity contribution is 5.45. The van der Waals surface area contributed by atoms with E-state index in [-0.39, 0.29) is 6.10 Å². The maximum atomic E-state index is 9.17. The van der Waals surface area contributed by atoms with Gasteiger partial charge in [-0.1, -0.05) is 6.07 Å². The van der Waals surface area contributed by atoms with Crippen LogP contribution < -0.4 is 4.74 Å². The van der Waals surface area contributed by atoms with Crippen LogP contribution in [0.5, 0.6) is 5.75 Å². The maximum absolute atomic E-state index is 9.17. The van der Waals surface area contributed by atoms with Crippen LogP contribution in [0.15, 0.2) is 18.2 Å². The Bertz CT molecular complexity index is 420. The minimum absolute atomic E-state index is 0.186. The van der Waals surface area contributed by atoms with Gasteiger partial charge in [0.15, 0.2) is 0 Å². The van der Waals surface area contributed by atoms with Gasteiger partial charge in [-0.3, -0.25) is 4.90 Å². The van der Waals surface area contributed by atoms with E-state index in [1.54, 1.807) is 7.11 Å². The summed E-state index contributed by atoms with van der Waals surface area (Å²) >= 11 is 0. The van der Waals surface area contributed by atoms with Crippen molar-refractivity contribution in [3.63, 3.8) is 0 Å². The number of nitrogens with zero attached hydrogens (tertiary/aromatic N) is 2. The molecule has 1 aromatic carbocycles. The fourth-order valence-corrected chi connectivity index (χ4v) is 1.87. The van der Waals surface area contributed by atoms with Crippen LogP contribution in [0.4, 0.5) is 0 Å². The van der Waals surface area contributed by atoms with Gasteiger partial charge in [-0.05, 0) is 17.7 Å². The molecule has 2 rings (SSSR count). The molecule has 0 bridgehead atoms. The zero-order chi connectivity index (χ0) is 11.5. The summed E-state index contributed by atoms with van der Waals surface area (Å²) in [6, 6.07) is 7.71. The topological polar surface area (TPSA) is 56.5 Å². The molecular weight excluding hydrogens is 204 g/mol. The van der Waals surface area contributed by atoms with E-state index in [0.29, 0.717) is 24.4 Å².